The number of nitrogens with zero attached hydrogens (tertiary/aromatic N) is 1. The molecule has 0 aromatic heterocycles. The summed E-state index contributed by atoms with van der Waals surface area (Å²) < 4.78 is 35.7. The van der Waals surface area contributed by atoms with Crippen molar-refractivity contribution in [1.82, 2.24) is 0 Å². The van der Waals surface area contributed by atoms with Crippen molar-refractivity contribution in [2.24, 2.45) is 0 Å². The monoisotopic (exact) mass is 285 g/mol. The second-order valence-corrected chi connectivity index (χ2v) is 6.67. The van der Waals surface area contributed by atoms with Crippen molar-refractivity contribution in [1.29, 1.82) is 0 Å². The molecule has 1 aliphatic heterocycles. The van der Waals surface area contributed by atoms with Gasteiger partial charge in [0.05, 0.1) is 17.0 Å². The fraction of sp³-hybridized carbons (Fsp3) is 0.333. The number of para-hydroxylation sites is 1. The zero-order valence-corrected chi connectivity index (χ0v) is 11.0. The van der Waals surface area contributed by atoms with E-state index in [0.717, 1.165) is 17.2 Å². The lowest BCUT2D eigenvalue weighted by Gasteiger charge is -2.16. The van der Waals surface area contributed by atoms with Gasteiger partial charge in [-0.3, -0.25) is 9.59 Å². The fourth-order valence-corrected chi connectivity index (χ4v) is 2.66. The van der Waals surface area contributed by atoms with Gasteiger partial charge in [0, 0.05) is 12.8 Å². The summed E-state index contributed by atoms with van der Waals surface area (Å²) in [4.78, 5) is 24.4. The third-order valence-electron chi connectivity index (χ3n) is 2.84. The normalized spacial score (nSPS) is 14.9. The molecule has 1 heterocycles. The number of rotatable bonds is 4. The molecule has 0 N–H and O–H groups in total. The van der Waals surface area contributed by atoms with Crippen molar-refractivity contribution < 1.29 is 22.4 Å². The standard InChI is InChI=1S/C12H12FNO4S/c1-19(17,18)7-3-6-14-10-8(11(15)12(14)16)4-2-5-9(10)13/h2,4-5H,3,6-7H2,1H3. The van der Waals surface area contributed by atoms with Crippen LogP contribution in [0.25, 0.3) is 0 Å². The Morgan fingerprint density at radius 1 is 1.26 bits per heavy atom. The van der Waals surface area contributed by atoms with E-state index in [0.29, 0.717) is 0 Å². The average Bonchev–Trinajstić information content (AvgIpc) is 2.54. The molecule has 0 bridgehead atoms. The largest absolute Gasteiger partial charge is 0.302 e. The van der Waals surface area contributed by atoms with Crippen LogP contribution in [0, 0.1) is 5.82 Å². The van der Waals surface area contributed by atoms with E-state index in [9.17, 15) is 22.4 Å². The minimum Gasteiger partial charge on any atom is -0.302 e. The molecule has 5 nitrogen and oxygen atoms in total. The molecule has 0 unspecified atom stereocenters. The number of carbonyl (C=O) groups is 2. The number of carbonyl (C=O) groups excluding carboxylic acids is 2. The Kier molecular flexibility index (Phi) is 3.40. The van der Waals surface area contributed by atoms with Gasteiger partial charge < -0.3 is 4.90 Å². The number of ketones is 1. The van der Waals surface area contributed by atoms with E-state index in [1.807, 2.05) is 0 Å². The van der Waals surface area contributed by atoms with Crippen LogP contribution in [0.3, 0.4) is 0 Å². The predicted octanol–water partition coefficient (Wildman–Crippen LogP) is 0.790. The van der Waals surface area contributed by atoms with Crippen LogP contribution < -0.4 is 4.90 Å². The second-order valence-electron chi connectivity index (χ2n) is 4.41. The Bertz CT molecular complexity index is 654. The van der Waals surface area contributed by atoms with Gasteiger partial charge in [-0.15, -0.1) is 0 Å². The summed E-state index contributed by atoms with van der Waals surface area (Å²) in [6.07, 6.45) is 1.24. The molecule has 1 aromatic rings. The van der Waals surface area contributed by atoms with E-state index in [2.05, 4.69) is 0 Å². The first-order valence-corrected chi connectivity index (χ1v) is 7.70. The molecular weight excluding hydrogens is 273 g/mol. The highest BCUT2D eigenvalue weighted by molar-refractivity contribution is 7.90. The predicted molar refractivity (Wildman–Crippen MR) is 67.4 cm³/mol. The summed E-state index contributed by atoms with van der Waals surface area (Å²) in [5.41, 5.74) is -0.0182. The Labute approximate surface area is 109 Å². The van der Waals surface area contributed by atoms with Gasteiger partial charge in [0.1, 0.15) is 15.7 Å². The van der Waals surface area contributed by atoms with Gasteiger partial charge in [-0.1, -0.05) is 6.07 Å². The van der Waals surface area contributed by atoms with Crippen molar-refractivity contribution in [2.75, 3.05) is 23.5 Å². The van der Waals surface area contributed by atoms with Crippen molar-refractivity contribution in [2.45, 2.75) is 6.42 Å². The van der Waals surface area contributed by atoms with Crippen LogP contribution in [0.2, 0.25) is 0 Å². The van der Waals surface area contributed by atoms with Gasteiger partial charge in [0.25, 0.3) is 11.7 Å². The highest BCUT2D eigenvalue weighted by atomic mass is 32.2. The summed E-state index contributed by atoms with van der Waals surface area (Å²) in [7, 11) is -3.15. The molecule has 2 rings (SSSR count). The number of fused-ring (bicyclic) bond motifs is 1. The van der Waals surface area contributed by atoms with Crippen LogP contribution in [0.1, 0.15) is 16.8 Å². The van der Waals surface area contributed by atoms with E-state index in [1.54, 1.807) is 0 Å². The van der Waals surface area contributed by atoms with Gasteiger partial charge in [0.2, 0.25) is 0 Å². The zero-order valence-electron chi connectivity index (χ0n) is 10.2. The molecule has 0 saturated heterocycles. The van der Waals surface area contributed by atoms with E-state index in [1.165, 1.54) is 12.1 Å². The first-order chi connectivity index (χ1) is 8.81. The molecule has 0 saturated carbocycles. The van der Waals surface area contributed by atoms with Crippen LogP contribution in [0.4, 0.5) is 10.1 Å². The number of anilines is 1. The van der Waals surface area contributed by atoms with Crippen molar-refractivity contribution in [3.05, 3.63) is 29.6 Å². The quantitative estimate of drug-likeness (QED) is 0.767. The van der Waals surface area contributed by atoms with E-state index < -0.39 is 27.3 Å². The Morgan fingerprint density at radius 3 is 2.58 bits per heavy atom. The molecule has 1 aromatic carbocycles. The maximum atomic E-state index is 13.7. The number of amides is 1. The van der Waals surface area contributed by atoms with Gasteiger partial charge in [0.15, 0.2) is 0 Å². The molecule has 19 heavy (non-hydrogen) atoms. The van der Waals surface area contributed by atoms with Crippen LogP contribution in [-0.4, -0.2) is 38.7 Å². The van der Waals surface area contributed by atoms with Crippen molar-refractivity contribution in [3.8, 4) is 0 Å². The lowest BCUT2D eigenvalue weighted by atomic mass is 10.1. The lowest BCUT2D eigenvalue weighted by molar-refractivity contribution is -0.114. The number of Topliss-reactive ketones (excluding diaryl/α,β-unsaturated/α-hetero) is 1. The van der Waals surface area contributed by atoms with Gasteiger partial charge in [-0.05, 0) is 18.6 Å². The summed E-state index contributed by atoms with van der Waals surface area (Å²) in [5.74, 6) is -2.34. The minimum atomic E-state index is -3.15. The first-order valence-electron chi connectivity index (χ1n) is 5.63. The highest BCUT2D eigenvalue weighted by Gasteiger charge is 2.37. The van der Waals surface area contributed by atoms with Crippen LogP contribution >= 0.6 is 0 Å². The summed E-state index contributed by atoms with van der Waals surface area (Å²) in [6.45, 7) is 0.00553. The van der Waals surface area contributed by atoms with Crippen molar-refractivity contribution >= 4 is 27.2 Å². The third kappa shape index (κ3) is 2.65. The van der Waals surface area contributed by atoms with Crippen LogP contribution in [0.5, 0.6) is 0 Å². The van der Waals surface area contributed by atoms with Crippen LogP contribution in [0.15, 0.2) is 18.2 Å². The Hall–Kier alpha value is -1.76. The minimum absolute atomic E-state index is 0.00553. The van der Waals surface area contributed by atoms with E-state index >= 15 is 0 Å². The molecule has 0 atom stereocenters. The average molecular weight is 285 g/mol. The Morgan fingerprint density at radius 2 is 1.95 bits per heavy atom. The molecule has 1 amide bonds. The topological polar surface area (TPSA) is 71.5 Å². The molecule has 102 valence electrons. The van der Waals surface area contributed by atoms with E-state index in [4.69, 9.17) is 0 Å². The number of sulfone groups is 1. The Balaban J connectivity index is 2.24. The maximum absolute atomic E-state index is 13.7. The second kappa shape index (κ2) is 4.73. The molecule has 1 aliphatic rings. The van der Waals surface area contributed by atoms with E-state index in [-0.39, 0.29) is 30.0 Å². The molecular formula is C12H12FNO4S. The number of halogens is 1. The molecule has 7 heteroatoms. The van der Waals surface area contributed by atoms with Gasteiger partial charge in [-0.2, -0.15) is 0 Å². The van der Waals surface area contributed by atoms with Crippen LogP contribution in [-0.2, 0) is 14.6 Å². The highest BCUT2D eigenvalue weighted by Crippen LogP contribution is 2.31. The summed E-state index contributed by atoms with van der Waals surface area (Å²) >= 11 is 0. The zero-order chi connectivity index (χ0) is 14.2. The van der Waals surface area contributed by atoms with Gasteiger partial charge >= 0.3 is 0 Å². The first kappa shape index (κ1) is 13.7. The number of hydrogen-bond acceptors (Lipinski definition) is 4. The lowest BCUT2D eigenvalue weighted by Crippen LogP contribution is -2.32. The van der Waals surface area contributed by atoms with Crippen molar-refractivity contribution in [3.63, 3.8) is 0 Å². The molecule has 0 radical (unpaired) electrons. The van der Waals surface area contributed by atoms with Gasteiger partial charge in [-0.25, -0.2) is 12.8 Å². The molecule has 0 aliphatic carbocycles. The third-order valence-corrected chi connectivity index (χ3v) is 3.87. The number of hydrogen-bond donors (Lipinski definition) is 0. The fourth-order valence-electron chi connectivity index (χ4n) is 2.01. The smallest absolute Gasteiger partial charge is 0.299 e. The molecule has 0 spiro atoms. The maximum Gasteiger partial charge on any atom is 0.299 e. The summed E-state index contributed by atoms with van der Waals surface area (Å²) in [6, 6.07) is 3.91. The SMILES string of the molecule is CS(=O)(=O)CCCN1C(=O)C(=O)c2cccc(F)c21. The number of benzene rings is 1. The summed E-state index contributed by atoms with van der Waals surface area (Å²) in [5, 5.41) is 0. The molecule has 0 fully saturated rings.